The summed E-state index contributed by atoms with van der Waals surface area (Å²) in [5.41, 5.74) is 0.424. The van der Waals surface area contributed by atoms with Crippen LogP contribution in [0.2, 0.25) is 0 Å². The molecular weight excluding hydrogens is 486 g/mol. The third kappa shape index (κ3) is 3.46. The number of carbonyl (C=O) groups excluding carboxylic acids is 1. The zero-order chi connectivity index (χ0) is 20.8. The minimum atomic E-state index is -0.339. The number of carbonyl (C=O) groups is 1. The molecule has 10 heteroatoms. The van der Waals surface area contributed by atoms with Crippen molar-refractivity contribution in [1.82, 2.24) is 14.8 Å². The van der Waals surface area contributed by atoms with Gasteiger partial charge in [-0.3, -0.25) is 9.36 Å². The van der Waals surface area contributed by atoms with Crippen molar-refractivity contribution in [3.05, 3.63) is 47.9 Å². The third-order valence-electron chi connectivity index (χ3n) is 5.37. The number of nitrogens with zero attached hydrogens (tertiary/aromatic N) is 5. The normalized spacial score (nSPS) is 17.5. The summed E-state index contributed by atoms with van der Waals surface area (Å²) >= 11 is 6.18. The van der Waals surface area contributed by atoms with Gasteiger partial charge in [0, 0.05) is 15.7 Å². The third-order valence-corrected chi connectivity index (χ3v) is 7.66. The Morgan fingerprint density at radius 2 is 2.00 bits per heavy atom. The first-order valence-corrected chi connectivity index (χ1v) is 12.2. The molecule has 1 saturated carbocycles. The minimum absolute atomic E-state index is 0.0817. The van der Waals surface area contributed by atoms with Crippen LogP contribution in [0.15, 0.2) is 32.7 Å². The molecule has 2 aliphatic rings. The smallest absolute Gasteiger partial charge is 0.279 e. The van der Waals surface area contributed by atoms with Gasteiger partial charge < -0.3 is 5.11 Å². The van der Waals surface area contributed by atoms with E-state index in [0.717, 1.165) is 40.4 Å². The summed E-state index contributed by atoms with van der Waals surface area (Å²) < 4.78 is 2.74. The first kappa shape index (κ1) is 19.8. The molecule has 1 aliphatic carbocycles. The van der Waals surface area contributed by atoms with E-state index in [2.05, 4.69) is 31.1 Å². The number of aryl methyl sites for hydroxylation is 1. The second-order valence-corrected chi connectivity index (χ2v) is 10.4. The molecule has 30 heavy (non-hydrogen) atoms. The summed E-state index contributed by atoms with van der Waals surface area (Å²) in [7, 11) is 0. The van der Waals surface area contributed by atoms with Crippen molar-refractivity contribution >= 4 is 55.2 Å². The number of thiazole rings is 1. The predicted molar refractivity (Wildman–Crippen MR) is 118 cm³/mol. The van der Waals surface area contributed by atoms with Gasteiger partial charge in [0.15, 0.2) is 4.80 Å². The van der Waals surface area contributed by atoms with Crippen LogP contribution in [0.4, 0.5) is 5.13 Å². The van der Waals surface area contributed by atoms with E-state index in [1.54, 1.807) is 6.07 Å². The molecule has 0 radical (unpaired) electrons. The molecule has 1 amide bonds. The van der Waals surface area contributed by atoms with Gasteiger partial charge in [-0.1, -0.05) is 57.9 Å². The summed E-state index contributed by atoms with van der Waals surface area (Å²) in [6, 6.07) is 5.67. The number of hydrogen-bond donors (Lipinski definition) is 1. The highest BCUT2D eigenvalue weighted by Crippen LogP contribution is 2.36. The van der Waals surface area contributed by atoms with Crippen molar-refractivity contribution in [2.75, 3.05) is 0 Å². The standard InChI is InChI=1S/C20H18BrN5O2S2/c1-10-24-25-19(29-10)23-20-26(12-5-3-2-4-6-12)18(28)16(30-20)15-13-9-11(21)7-8-14(13)22-17(15)27/h7-9,12,28H,2-6H2,1H3/b23-20+. The van der Waals surface area contributed by atoms with Crippen LogP contribution < -0.4 is 15.4 Å². The maximum Gasteiger partial charge on any atom is 0.279 e. The molecule has 0 saturated heterocycles. The number of aromatic hydroxyl groups is 1. The van der Waals surface area contributed by atoms with Gasteiger partial charge in [0.1, 0.15) is 9.88 Å². The second-order valence-electron chi connectivity index (χ2n) is 7.37. The van der Waals surface area contributed by atoms with Gasteiger partial charge in [0.25, 0.3) is 5.91 Å². The molecule has 1 aliphatic heterocycles. The van der Waals surface area contributed by atoms with Crippen molar-refractivity contribution in [2.24, 2.45) is 9.98 Å². The highest BCUT2D eigenvalue weighted by atomic mass is 79.9. The molecule has 1 aromatic carbocycles. The average molecular weight is 504 g/mol. The topological polar surface area (TPSA) is 92.7 Å². The molecule has 0 unspecified atom stereocenters. The fraction of sp³-hybridized carbons (Fsp3) is 0.350. The first-order chi connectivity index (χ1) is 14.5. The van der Waals surface area contributed by atoms with E-state index in [1.165, 1.54) is 29.1 Å². The maximum absolute atomic E-state index is 12.8. The molecule has 0 bridgehead atoms. The van der Waals surface area contributed by atoms with Crippen molar-refractivity contribution in [2.45, 2.75) is 45.1 Å². The van der Waals surface area contributed by atoms with Gasteiger partial charge in [-0.15, -0.1) is 10.2 Å². The van der Waals surface area contributed by atoms with E-state index < -0.39 is 0 Å². The van der Waals surface area contributed by atoms with Gasteiger partial charge >= 0.3 is 0 Å². The molecule has 1 fully saturated rings. The lowest BCUT2D eigenvalue weighted by Gasteiger charge is -2.23. The fourth-order valence-corrected chi connectivity index (χ4v) is 6.13. The summed E-state index contributed by atoms with van der Waals surface area (Å²) in [5, 5.41) is 22.1. The number of amides is 1. The number of aromatic nitrogens is 3. The summed E-state index contributed by atoms with van der Waals surface area (Å²) in [5.74, 6) is -0.257. The fourth-order valence-electron chi connectivity index (χ4n) is 4.01. The summed E-state index contributed by atoms with van der Waals surface area (Å²) in [4.78, 5) is 22.8. The van der Waals surface area contributed by atoms with Crippen LogP contribution in [0.5, 0.6) is 5.88 Å². The summed E-state index contributed by atoms with van der Waals surface area (Å²) in [6.45, 7) is 1.88. The Hall–Kier alpha value is -2.17. The van der Waals surface area contributed by atoms with E-state index in [0.29, 0.717) is 25.7 Å². The van der Waals surface area contributed by atoms with Crippen LogP contribution in [0.1, 0.15) is 48.0 Å². The van der Waals surface area contributed by atoms with Crippen molar-refractivity contribution in [1.29, 1.82) is 0 Å². The molecule has 0 spiro atoms. The van der Waals surface area contributed by atoms with Crippen LogP contribution in [-0.2, 0) is 4.79 Å². The molecule has 2 aromatic heterocycles. The Balaban J connectivity index is 1.77. The number of benzene rings is 1. The lowest BCUT2D eigenvalue weighted by atomic mass is 9.95. The van der Waals surface area contributed by atoms with Gasteiger partial charge in [-0.05, 0) is 38.0 Å². The van der Waals surface area contributed by atoms with E-state index in [1.807, 2.05) is 23.6 Å². The monoisotopic (exact) mass is 503 g/mol. The molecular formula is C20H18BrN5O2S2. The summed E-state index contributed by atoms with van der Waals surface area (Å²) in [6.07, 6.45) is 5.37. The highest BCUT2D eigenvalue weighted by Gasteiger charge is 2.29. The highest BCUT2D eigenvalue weighted by molar-refractivity contribution is 9.10. The van der Waals surface area contributed by atoms with Crippen molar-refractivity contribution in [3.63, 3.8) is 0 Å². The SMILES string of the molecule is Cc1nnc(/N=c2/sc(C3=c4cc(Br)ccc4=NC3=O)c(O)n2C2CCCCC2)s1. The van der Waals surface area contributed by atoms with Crippen molar-refractivity contribution < 1.29 is 9.90 Å². The van der Waals surface area contributed by atoms with Crippen LogP contribution >= 0.6 is 38.6 Å². The predicted octanol–water partition coefficient (Wildman–Crippen LogP) is 3.27. The largest absolute Gasteiger partial charge is 0.493 e. The van der Waals surface area contributed by atoms with Gasteiger partial charge in [-0.2, -0.15) is 4.99 Å². The Morgan fingerprint density at radius 3 is 2.73 bits per heavy atom. The zero-order valence-corrected chi connectivity index (χ0v) is 19.3. The average Bonchev–Trinajstić information content (AvgIpc) is 3.37. The molecule has 0 atom stereocenters. The van der Waals surface area contributed by atoms with Gasteiger partial charge in [-0.25, -0.2) is 4.99 Å². The molecule has 3 heterocycles. The molecule has 3 aromatic rings. The Morgan fingerprint density at radius 1 is 1.20 bits per heavy atom. The van der Waals surface area contributed by atoms with E-state index in [4.69, 9.17) is 4.99 Å². The molecule has 154 valence electrons. The number of rotatable bonds is 3. The van der Waals surface area contributed by atoms with Crippen LogP contribution in [-0.4, -0.2) is 25.8 Å². The van der Waals surface area contributed by atoms with Gasteiger partial charge in [0.2, 0.25) is 11.0 Å². The van der Waals surface area contributed by atoms with Crippen LogP contribution in [0, 0.1) is 6.92 Å². The first-order valence-electron chi connectivity index (χ1n) is 9.73. The number of hydrogen-bond acceptors (Lipinski definition) is 7. The number of fused-ring (bicyclic) bond motifs is 1. The Bertz CT molecular complexity index is 1350. The minimum Gasteiger partial charge on any atom is -0.493 e. The quantitative estimate of drug-likeness (QED) is 0.593. The second kappa shape index (κ2) is 7.82. The van der Waals surface area contributed by atoms with Crippen LogP contribution in [0.25, 0.3) is 5.57 Å². The molecule has 1 N–H and O–H groups in total. The van der Waals surface area contributed by atoms with Crippen LogP contribution in [0.3, 0.4) is 0 Å². The lowest BCUT2D eigenvalue weighted by molar-refractivity contribution is -0.112. The molecule has 7 nitrogen and oxygen atoms in total. The van der Waals surface area contributed by atoms with E-state index >= 15 is 0 Å². The van der Waals surface area contributed by atoms with E-state index in [9.17, 15) is 9.90 Å². The molecule has 5 rings (SSSR count). The van der Waals surface area contributed by atoms with E-state index in [-0.39, 0.29) is 17.8 Å². The Kier molecular flexibility index (Phi) is 5.16. The van der Waals surface area contributed by atoms with Crippen molar-refractivity contribution in [3.8, 4) is 5.88 Å². The lowest BCUT2D eigenvalue weighted by Crippen LogP contribution is -2.23. The van der Waals surface area contributed by atoms with Gasteiger partial charge in [0.05, 0.1) is 10.9 Å². The number of halogens is 1. The maximum atomic E-state index is 12.8. The Labute approximate surface area is 188 Å². The zero-order valence-electron chi connectivity index (χ0n) is 16.1.